The lowest BCUT2D eigenvalue weighted by molar-refractivity contribution is -0.121. The number of amides is 1. The monoisotopic (exact) mass is 322 g/mol. The third-order valence-corrected chi connectivity index (χ3v) is 4.03. The molecule has 0 radical (unpaired) electrons. The van der Waals surface area contributed by atoms with Crippen LogP contribution >= 0.6 is 11.3 Å². The summed E-state index contributed by atoms with van der Waals surface area (Å²) >= 11 is 1.58. The molecular formula is C15H22N4O2S. The van der Waals surface area contributed by atoms with Gasteiger partial charge in [-0.25, -0.2) is 0 Å². The lowest BCUT2D eigenvalue weighted by Crippen LogP contribution is -2.38. The highest BCUT2D eigenvalue weighted by Gasteiger charge is 2.10. The third-order valence-electron chi connectivity index (χ3n) is 3.16. The zero-order valence-electron chi connectivity index (χ0n) is 13.0. The molecule has 0 aliphatic carbocycles. The van der Waals surface area contributed by atoms with Crippen LogP contribution in [0.25, 0.3) is 10.7 Å². The van der Waals surface area contributed by atoms with E-state index in [1.54, 1.807) is 11.3 Å². The number of nitrogens with one attached hydrogen (secondary N) is 2. The van der Waals surface area contributed by atoms with E-state index < -0.39 is 0 Å². The van der Waals surface area contributed by atoms with E-state index in [1.807, 2.05) is 31.4 Å². The summed E-state index contributed by atoms with van der Waals surface area (Å²) in [6, 6.07) is 4.20. The second-order valence-corrected chi connectivity index (χ2v) is 6.05. The van der Waals surface area contributed by atoms with Gasteiger partial charge in [-0.05, 0) is 31.3 Å². The number of thiophene rings is 1. The summed E-state index contributed by atoms with van der Waals surface area (Å²) in [4.78, 5) is 17.1. The molecular weight excluding hydrogens is 300 g/mol. The Morgan fingerprint density at radius 2 is 2.36 bits per heavy atom. The first-order valence-corrected chi connectivity index (χ1v) is 8.43. The largest absolute Gasteiger partial charge is 0.355 e. The molecule has 0 unspecified atom stereocenters. The summed E-state index contributed by atoms with van der Waals surface area (Å²) in [5.41, 5.74) is 0. The number of aromatic nitrogens is 2. The average Bonchev–Trinajstić information content (AvgIpc) is 3.16. The molecule has 0 fully saturated rings. The first kappa shape index (κ1) is 16.6. The van der Waals surface area contributed by atoms with Crippen molar-refractivity contribution >= 4 is 17.2 Å². The predicted octanol–water partition coefficient (Wildman–Crippen LogP) is 2.23. The molecule has 0 saturated carbocycles. The van der Waals surface area contributed by atoms with Gasteiger partial charge in [-0.2, -0.15) is 4.98 Å². The van der Waals surface area contributed by atoms with Crippen molar-refractivity contribution in [3.05, 3.63) is 23.4 Å². The van der Waals surface area contributed by atoms with E-state index in [1.165, 1.54) is 0 Å². The van der Waals surface area contributed by atoms with Gasteiger partial charge in [0.1, 0.15) is 0 Å². The van der Waals surface area contributed by atoms with Crippen molar-refractivity contribution < 1.29 is 9.32 Å². The van der Waals surface area contributed by atoms with Gasteiger partial charge < -0.3 is 15.2 Å². The molecule has 6 nitrogen and oxygen atoms in total. The summed E-state index contributed by atoms with van der Waals surface area (Å²) in [6.45, 7) is 5.65. The summed E-state index contributed by atoms with van der Waals surface area (Å²) in [5.74, 6) is 1.26. The number of likely N-dealkylation sites (N-methyl/N-ethyl adjacent to an activating group) is 1. The van der Waals surface area contributed by atoms with E-state index in [4.69, 9.17) is 4.52 Å². The van der Waals surface area contributed by atoms with E-state index in [2.05, 4.69) is 20.8 Å². The molecule has 0 aliphatic rings. The number of hydrogen-bond acceptors (Lipinski definition) is 6. The van der Waals surface area contributed by atoms with Crippen molar-refractivity contribution in [2.75, 3.05) is 13.1 Å². The van der Waals surface area contributed by atoms with E-state index in [0.29, 0.717) is 43.6 Å². The van der Waals surface area contributed by atoms with Gasteiger partial charge >= 0.3 is 0 Å². The number of carbonyl (C=O) groups is 1. The van der Waals surface area contributed by atoms with Crippen molar-refractivity contribution in [3.63, 3.8) is 0 Å². The van der Waals surface area contributed by atoms with E-state index in [9.17, 15) is 4.79 Å². The minimum Gasteiger partial charge on any atom is -0.355 e. The number of rotatable bonds is 9. The highest BCUT2D eigenvalue weighted by molar-refractivity contribution is 7.13. The molecule has 2 aromatic rings. The molecule has 22 heavy (non-hydrogen) atoms. The molecule has 0 saturated heterocycles. The van der Waals surface area contributed by atoms with Gasteiger partial charge in [-0.15, -0.1) is 11.3 Å². The van der Waals surface area contributed by atoms with E-state index >= 15 is 0 Å². The number of carbonyl (C=O) groups excluding carboxylic acids is 1. The van der Waals surface area contributed by atoms with Gasteiger partial charge in [0.05, 0.1) is 4.88 Å². The van der Waals surface area contributed by atoms with Crippen LogP contribution in [0.1, 0.15) is 32.6 Å². The van der Waals surface area contributed by atoms with Gasteiger partial charge in [0.15, 0.2) is 0 Å². The normalized spacial score (nSPS) is 12.3. The maximum absolute atomic E-state index is 11.7. The highest BCUT2D eigenvalue weighted by atomic mass is 32.1. The summed E-state index contributed by atoms with van der Waals surface area (Å²) < 4.78 is 5.20. The number of nitrogens with zero attached hydrogens (tertiary/aromatic N) is 2. The van der Waals surface area contributed by atoms with Crippen LogP contribution in [-0.2, 0) is 11.2 Å². The van der Waals surface area contributed by atoms with Crippen LogP contribution in [0.5, 0.6) is 0 Å². The molecule has 0 bridgehead atoms. The highest BCUT2D eigenvalue weighted by Crippen LogP contribution is 2.21. The molecule has 120 valence electrons. The van der Waals surface area contributed by atoms with Gasteiger partial charge in [0.2, 0.25) is 17.6 Å². The fourth-order valence-electron chi connectivity index (χ4n) is 2.04. The predicted molar refractivity (Wildman–Crippen MR) is 86.7 cm³/mol. The Bertz CT molecular complexity index is 568. The van der Waals surface area contributed by atoms with E-state index in [-0.39, 0.29) is 5.91 Å². The molecule has 1 atom stereocenters. The Hall–Kier alpha value is -1.73. The van der Waals surface area contributed by atoms with Crippen LogP contribution in [-0.4, -0.2) is 35.2 Å². The smallest absolute Gasteiger partial charge is 0.226 e. The second-order valence-electron chi connectivity index (χ2n) is 5.11. The van der Waals surface area contributed by atoms with Gasteiger partial charge in [0, 0.05) is 25.4 Å². The van der Waals surface area contributed by atoms with E-state index in [0.717, 1.165) is 11.4 Å². The molecule has 2 aromatic heterocycles. The molecule has 0 spiro atoms. The topological polar surface area (TPSA) is 80.0 Å². The Labute approximate surface area is 134 Å². The molecule has 1 amide bonds. The second kappa shape index (κ2) is 8.65. The zero-order chi connectivity index (χ0) is 15.8. The van der Waals surface area contributed by atoms with Gasteiger partial charge in [-0.3, -0.25) is 4.79 Å². The van der Waals surface area contributed by atoms with Crippen LogP contribution in [0.2, 0.25) is 0 Å². The Kier molecular flexibility index (Phi) is 6.54. The maximum Gasteiger partial charge on any atom is 0.226 e. The Morgan fingerprint density at radius 3 is 3.09 bits per heavy atom. The fourth-order valence-corrected chi connectivity index (χ4v) is 2.69. The molecule has 7 heteroatoms. The van der Waals surface area contributed by atoms with Crippen LogP contribution < -0.4 is 10.6 Å². The Balaban J connectivity index is 1.67. The van der Waals surface area contributed by atoms with Crippen LogP contribution in [0, 0.1) is 0 Å². The quantitative estimate of drug-likeness (QED) is 0.740. The summed E-state index contributed by atoms with van der Waals surface area (Å²) in [7, 11) is 0. The van der Waals surface area contributed by atoms with Crippen molar-refractivity contribution in [1.82, 2.24) is 20.8 Å². The molecule has 0 aliphatic heterocycles. The summed E-state index contributed by atoms with van der Waals surface area (Å²) in [6.07, 6.45) is 1.79. The van der Waals surface area contributed by atoms with Gasteiger partial charge in [0.25, 0.3) is 0 Å². The van der Waals surface area contributed by atoms with Crippen molar-refractivity contribution in [1.29, 1.82) is 0 Å². The number of hydrogen-bond donors (Lipinski definition) is 2. The lowest BCUT2D eigenvalue weighted by atomic mass is 10.2. The van der Waals surface area contributed by atoms with Crippen LogP contribution in [0.3, 0.4) is 0 Å². The minimum absolute atomic E-state index is 0.0581. The maximum atomic E-state index is 11.7. The van der Waals surface area contributed by atoms with Crippen LogP contribution in [0.4, 0.5) is 0 Å². The first-order chi connectivity index (χ1) is 10.7. The Morgan fingerprint density at radius 1 is 1.50 bits per heavy atom. The van der Waals surface area contributed by atoms with Gasteiger partial charge in [-0.1, -0.05) is 18.1 Å². The zero-order valence-corrected chi connectivity index (χ0v) is 13.8. The lowest BCUT2D eigenvalue weighted by Gasteiger charge is -2.12. The molecule has 2 N–H and O–H groups in total. The fraction of sp³-hybridized carbons (Fsp3) is 0.533. The molecule has 0 aromatic carbocycles. The van der Waals surface area contributed by atoms with Crippen molar-refractivity contribution in [2.24, 2.45) is 0 Å². The standard InChI is InChI=1S/C15H22N4O2S/c1-3-16-11(2)10-17-13(20)7-4-8-14-18-15(19-21-14)12-6-5-9-22-12/h5-6,9,11,16H,3-4,7-8,10H2,1-2H3,(H,17,20)/t11-/m1/s1. The molecule has 2 rings (SSSR count). The van der Waals surface area contributed by atoms with Crippen molar-refractivity contribution in [2.45, 2.75) is 39.2 Å². The SMILES string of the molecule is CCN[C@H](C)CNC(=O)CCCc1nc(-c2cccs2)no1. The van der Waals surface area contributed by atoms with Crippen molar-refractivity contribution in [3.8, 4) is 10.7 Å². The average molecular weight is 322 g/mol. The van der Waals surface area contributed by atoms with Crippen LogP contribution in [0.15, 0.2) is 22.0 Å². The third kappa shape index (κ3) is 5.23. The molecule has 2 heterocycles. The first-order valence-electron chi connectivity index (χ1n) is 7.55. The minimum atomic E-state index is 0.0581. The summed E-state index contributed by atoms with van der Waals surface area (Å²) in [5, 5.41) is 12.1. The number of aryl methyl sites for hydroxylation is 1.